The molecule has 0 saturated heterocycles. The number of aromatic nitrogens is 1. The van der Waals surface area contributed by atoms with E-state index < -0.39 is 5.91 Å². The Bertz CT molecular complexity index is 1050. The van der Waals surface area contributed by atoms with Crippen LogP contribution in [0.5, 0.6) is 5.75 Å². The van der Waals surface area contributed by atoms with Gasteiger partial charge in [-0.3, -0.25) is 9.59 Å². The molecule has 3 rings (SSSR count). The smallest absolute Gasteiger partial charge is 0.274 e. The van der Waals surface area contributed by atoms with E-state index >= 15 is 0 Å². The van der Waals surface area contributed by atoms with Crippen LogP contribution in [0, 0.1) is 6.92 Å². The molecule has 29 heavy (non-hydrogen) atoms. The van der Waals surface area contributed by atoms with Crippen LogP contribution in [0.25, 0.3) is 0 Å². The molecule has 0 aliphatic carbocycles. The van der Waals surface area contributed by atoms with Gasteiger partial charge in [-0.05, 0) is 54.8 Å². The maximum atomic E-state index is 12.7. The summed E-state index contributed by atoms with van der Waals surface area (Å²) in [7, 11) is 1.54. The molecule has 0 aliphatic rings. The van der Waals surface area contributed by atoms with Gasteiger partial charge in [0, 0.05) is 5.69 Å². The molecule has 0 aliphatic heterocycles. The lowest BCUT2D eigenvalue weighted by atomic mass is 10.1. The molecule has 2 aromatic carbocycles. The van der Waals surface area contributed by atoms with Crippen LogP contribution in [-0.4, -0.2) is 23.9 Å². The van der Waals surface area contributed by atoms with Crippen molar-refractivity contribution < 1.29 is 14.3 Å². The van der Waals surface area contributed by atoms with Crippen molar-refractivity contribution >= 4 is 23.2 Å². The first-order valence-electron chi connectivity index (χ1n) is 9.34. The van der Waals surface area contributed by atoms with Gasteiger partial charge in [0.05, 0.1) is 12.8 Å². The molecule has 0 radical (unpaired) electrons. The first-order valence-corrected chi connectivity index (χ1v) is 9.34. The van der Waals surface area contributed by atoms with Crippen LogP contribution in [0.3, 0.4) is 0 Å². The Labute approximate surface area is 169 Å². The van der Waals surface area contributed by atoms with Crippen LogP contribution in [0.4, 0.5) is 11.4 Å². The summed E-state index contributed by atoms with van der Waals surface area (Å²) in [6.45, 7) is 3.94. The average Bonchev–Trinajstić information content (AvgIpc) is 2.74. The highest BCUT2D eigenvalue weighted by molar-refractivity contribution is 6.06. The summed E-state index contributed by atoms with van der Waals surface area (Å²) in [5.41, 5.74) is 3.61. The molecule has 0 unspecified atom stereocenters. The number of anilines is 2. The quantitative estimate of drug-likeness (QED) is 0.652. The van der Waals surface area contributed by atoms with Gasteiger partial charge in [0.25, 0.3) is 11.8 Å². The van der Waals surface area contributed by atoms with E-state index in [2.05, 4.69) is 15.6 Å². The number of aryl methyl sites for hydroxylation is 2. The molecule has 2 N–H and O–H groups in total. The minimum atomic E-state index is -0.419. The second-order valence-electron chi connectivity index (χ2n) is 6.53. The molecule has 6 nitrogen and oxygen atoms in total. The lowest BCUT2D eigenvalue weighted by Crippen LogP contribution is -2.19. The average molecular weight is 389 g/mol. The van der Waals surface area contributed by atoms with Gasteiger partial charge in [0.15, 0.2) is 0 Å². The highest BCUT2D eigenvalue weighted by Gasteiger charge is 2.15. The number of amides is 2. The summed E-state index contributed by atoms with van der Waals surface area (Å²) in [6.07, 6.45) is 0.796. The largest absolute Gasteiger partial charge is 0.495 e. The molecule has 0 bridgehead atoms. The summed E-state index contributed by atoms with van der Waals surface area (Å²) in [6, 6.07) is 17.9. The van der Waals surface area contributed by atoms with Crippen LogP contribution >= 0.6 is 0 Å². The normalized spacial score (nSPS) is 10.3. The van der Waals surface area contributed by atoms with E-state index in [0.717, 1.165) is 23.2 Å². The first-order chi connectivity index (χ1) is 14.0. The van der Waals surface area contributed by atoms with Crippen molar-refractivity contribution in [3.63, 3.8) is 0 Å². The molecular formula is C23H23N3O3. The Morgan fingerprint density at radius 1 is 0.897 bits per heavy atom. The Morgan fingerprint density at radius 2 is 1.55 bits per heavy atom. The lowest BCUT2D eigenvalue weighted by molar-refractivity contribution is 0.101. The second kappa shape index (κ2) is 9.01. The Morgan fingerprint density at radius 3 is 2.21 bits per heavy atom. The highest BCUT2D eigenvalue weighted by Crippen LogP contribution is 2.25. The van der Waals surface area contributed by atoms with Crippen molar-refractivity contribution in [2.45, 2.75) is 20.3 Å². The van der Waals surface area contributed by atoms with E-state index in [1.54, 1.807) is 24.3 Å². The topological polar surface area (TPSA) is 80.3 Å². The summed E-state index contributed by atoms with van der Waals surface area (Å²) in [5.74, 6) is -0.236. The van der Waals surface area contributed by atoms with Crippen molar-refractivity contribution in [1.82, 2.24) is 4.98 Å². The standard InChI is InChI=1S/C23H23N3O3/c1-4-16-8-5-6-9-17(16)25-22(27)18-10-7-11-19(24-18)23(28)26-20-14-15(2)12-13-21(20)29-3/h5-14H,4H2,1-3H3,(H,25,27)(H,26,28). The third-order valence-electron chi connectivity index (χ3n) is 4.46. The zero-order valence-corrected chi connectivity index (χ0v) is 16.7. The Hall–Kier alpha value is -3.67. The highest BCUT2D eigenvalue weighted by atomic mass is 16.5. The maximum absolute atomic E-state index is 12.7. The van der Waals surface area contributed by atoms with E-state index in [1.807, 2.05) is 50.2 Å². The molecule has 0 saturated carbocycles. The number of para-hydroxylation sites is 1. The number of methoxy groups -OCH3 is 1. The number of carbonyl (C=O) groups excluding carboxylic acids is 2. The number of ether oxygens (including phenoxy) is 1. The summed E-state index contributed by atoms with van der Waals surface area (Å²) >= 11 is 0. The van der Waals surface area contributed by atoms with E-state index in [0.29, 0.717) is 11.4 Å². The SMILES string of the molecule is CCc1ccccc1NC(=O)c1cccc(C(=O)Nc2cc(C)ccc2OC)n1. The first kappa shape index (κ1) is 20.1. The fraction of sp³-hybridized carbons (Fsp3) is 0.174. The molecular weight excluding hydrogens is 366 g/mol. The van der Waals surface area contributed by atoms with Crippen LogP contribution in [0.2, 0.25) is 0 Å². The number of nitrogens with zero attached hydrogens (tertiary/aromatic N) is 1. The number of pyridine rings is 1. The van der Waals surface area contributed by atoms with Gasteiger partial charge in [-0.1, -0.05) is 37.3 Å². The van der Waals surface area contributed by atoms with E-state index in [9.17, 15) is 9.59 Å². The van der Waals surface area contributed by atoms with Crippen LogP contribution in [0.15, 0.2) is 60.7 Å². The fourth-order valence-electron chi connectivity index (χ4n) is 2.93. The van der Waals surface area contributed by atoms with Crippen molar-refractivity contribution in [2.75, 3.05) is 17.7 Å². The second-order valence-corrected chi connectivity index (χ2v) is 6.53. The number of hydrogen-bond acceptors (Lipinski definition) is 4. The predicted octanol–water partition coefficient (Wildman–Crippen LogP) is 4.47. The Kier molecular flexibility index (Phi) is 6.24. The van der Waals surface area contributed by atoms with Gasteiger partial charge < -0.3 is 15.4 Å². The van der Waals surface area contributed by atoms with Crippen molar-refractivity contribution in [3.05, 3.63) is 83.2 Å². The van der Waals surface area contributed by atoms with Gasteiger partial charge in [-0.25, -0.2) is 4.98 Å². The number of carbonyl (C=O) groups is 2. The zero-order valence-electron chi connectivity index (χ0n) is 16.7. The minimum absolute atomic E-state index is 0.144. The monoisotopic (exact) mass is 389 g/mol. The lowest BCUT2D eigenvalue weighted by Gasteiger charge is -2.12. The molecule has 148 valence electrons. The predicted molar refractivity (Wildman–Crippen MR) is 114 cm³/mol. The van der Waals surface area contributed by atoms with E-state index in [-0.39, 0.29) is 17.3 Å². The molecule has 3 aromatic rings. The van der Waals surface area contributed by atoms with Crippen LogP contribution < -0.4 is 15.4 Å². The van der Waals surface area contributed by atoms with E-state index in [1.165, 1.54) is 7.11 Å². The Balaban J connectivity index is 1.79. The molecule has 0 spiro atoms. The molecule has 0 fully saturated rings. The maximum Gasteiger partial charge on any atom is 0.274 e. The number of nitrogens with one attached hydrogen (secondary N) is 2. The number of hydrogen-bond donors (Lipinski definition) is 2. The minimum Gasteiger partial charge on any atom is -0.495 e. The molecule has 2 amide bonds. The van der Waals surface area contributed by atoms with Gasteiger partial charge in [0.2, 0.25) is 0 Å². The zero-order chi connectivity index (χ0) is 20.8. The van der Waals surface area contributed by atoms with Gasteiger partial charge in [-0.15, -0.1) is 0 Å². The summed E-state index contributed by atoms with van der Waals surface area (Å²) in [4.78, 5) is 29.5. The van der Waals surface area contributed by atoms with E-state index in [4.69, 9.17) is 4.74 Å². The number of rotatable bonds is 6. The van der Waals surface area contributed by atoms with Crippen LogP contribution in [-0.2, 0) is 6.42 Å². The van der Waals surface area contributed by atoms with Crippen molar-refractivity contribution in [2.24, 2.45) is 0 Å². The van der Waals surface area contributed by atoms with Crippen LogP contribution in [0.1, 0.15) is 39.0 Å². The summed E-state index contributed by atoms with van der Waals surface area (Å²) in [5, 5.41) is 5.66. The molecule has 1 heterocycles. The molecule has 1 aromatic heterocycles. The van der Waals surface area contributed by atoms with Gasteiger partial charge in [0.1, 0.15) is 17.1 Å². The van der Waals surface area contributed by atoms with Crippen molar-refractivity contribution in [3.8, 4) is 5.75 Å². The fourth-order valence-corrected chi connectivity index (χ4v) is 2.93. The summed E-state index contributed by atoms with van der Waals surface area (Å²) < 4.78 is 5.29. The van der Waals surface area contributed by atoms with Gasteiger partial charge >= 0.3 is 0 Å². The third kappa shape index (κ3) is 4.79. The third-order valence-corrected chi connectivity index (χ3v) is 4.46. The number of benzene rings is 2. The molecule has 0 atom stereocenters. The van der Waals surface area contributed by atoms with Crippen molar-refractivity contribution in [1.29, 1.82) is 0 Å². The van der Waals surface area contributed by atoms with Gasteiger partial charge in [-0.2, -0.15) is 0 Å². The molecule has 6 heteroatoms.